The summed E-state index contributed by atoms with van der Waals surface area (Å²) in [6.45, 7) is 5.43. The van der Waals surface area contributed by atoms with Crippen molar-refractivity contribution in [1.82, 2.24) is 15.1 Å². The molecular weight excluding hydrogens is 354 g/mol. The van der Waals surface area contributed by atoms with Crippen LogP contribution in [0.4, 0.5) is 0 Å². The van der Waals surface area contributed by atoms with Gasteiger partial charge < -0.3 is 19.9 Å². The van der Waals surface area contributed by atoms with Crippen LogP contribution in [0.5, 0.6) is 0 Å². The lowest BCUT2D eigenvalue weighted by molar-refractivity contribution is -0.144. The van der Waals surface area contributed by atoms with Gasteiger partial charge >= 0.3 is 0 Å². The second-order valence-electron chi connectivity index (χ2n) is 8.52. The van der Waals surface area contributed by atoms with Crippen LogP contribution >= 0.6 is 0 Å². The highest BCUT2D eigenvalue weighted by Gasteiger charge is 2.41. The third kappa shape index (κ3) is 4.55. The van der Waals surface area contributed by atoms with Crippen LogP contribution in [0.1, 0.15) is 37.7 Å². The van der Waals surface area contributed by atoms with E-state index in [1.165, 1.54) is 5.56 Å². The summed E-state index contributed by atoms with van der Waals surface area (Å²) in [5.74, 6) is 0.464. The zero-order valence-electron chi connectivity index (χ0n) is 16.6. The molecule has 3 saturated heterocycles. The van der Waals surface area contributed by atoms with Gasteiger partial charge in [0, 0.05) is 45.7 Å². The minimum absolute atomic E-state index is 0.00537. The summed E-state index contributed by atoms with van der Waals surface area (Å²) < 4.78 is 5.68. The molecule has 0 radical (unpaired) electrons. The monoisotopic (exact) mass is 385 g/mol. The molecule has 6 heteroatoms. The molecule has 1 spiro atoms. The van der Waals surface area contributed by atoms with Gasteiger partial charge in [0.1, 0.15) is 0 Å². The third-order valence-electron chi connectivity index (χ3n) is 6.55. The molecule has 2 amide bonds. The fraction of sp³-hybridized carbons (Fsp3) is 0.636. The smallest absolute Gasteiger partial charge is 0.225 e. The average Bonchev–Trinajstić information content (AvgIpc) is 2.73. The van der Waals surface area contributed by atoms with Gasteiger partial charge in [-0.05, 0) is 30.2 Å². The van der Waals surface area contributed by atoms with Crippen molar-refractivity contribution in [2.75, 3.05) is 39.3 Å². The lowest BCUT2D eigenvalue weighted by atomic mass is 9.72. The first-order valence-corrected chi connectivity index (χ1v) is 10.6. The van der Waals surface area contributed by atoms with Gasteiger partial charge in [-0.15, -0.1) is 0 Å². The SMILES string of the molecule is O=C(CC1CNCCO1)N1CCC2(CCC(=O)N(Cc3ccccc3)C2)CC1. The summed E-state index contributed by atoms with van der Waals surface area (Å²) in [6, 6.07) is 10.2. The standard InChI is InChI=1S/C22H31N3O3/c26-20-6-7-22(17-25(20)16-18-4-2-1-3-5-18)8-11-24(12-9-22)21(27)14-19-15-23-10-13-28-19/h1-5,19,23H,6-17H2. The predicted molar refractivity (Wildman–Crippen MR) is 107 cm³/mol. The van der Waals surface area contributed by atoms with Crippen molar-refractivity contribution in [2.24, 2.45) is 5.41 Å². The number of hydrogen-bond donors (Lipinski definition) is 1. The van der Waals surface area contributed by atoms with Gasteiger partial charge in [-0.2, -0.15) is 0 Å². The molecule has 28 heavy (non-hydrogen) atoms. The van der Waals surface area contributed by atoms with Crippen molar-refractivity contribution in [3.63, 3.8) is 0 Å². The normalized spacial score (nSPS) is 25.1. The molecule has 0 aliphatic carbocycles. The first kappa shape index (κ1) is 19.4. The van der Waals surface area contributed by atoms with Crippen LogP contribution in [0.3, 0.4) is 0 Å². The van der Waals surface area contributed by atoms with Gasteiger partial charge in [-0.1, -0.05) is 30.3 Å². The number of rotatable bonds is 4. The van der Waals surface area contributed by atoms with E-state index in [-0.39, 0.29) is 23.3 Å². The Balaban J connectivity index is 1.31. The Bertz CT molecular complexity index is 680. The van der Waals surface area contributed by atoms with Crippen LogP contribution in [0.15, 0.2) is 30.3 Å². The van der Waals surface area contributed by atoms with E-state index in [1.54, 1.807) is 0 Å². The van der Waals surface area contributed by atoms with E-state index in [0.717, 1.165) is 52.0 Å². The van der Waals surface area contributed by atoms with E-state index in [1.807, 2.05) is 28.0 Å². The molecule has 0 saturated carbocycles. The molecule has 1 aromatic carbocycles. The average molecular weight is 386 g/mol. The number of benzene rings is 1. The maximum absolute atomic E-state index is 12.6. The van der Waals surface area contributed by atoms with Crippen LogP contribution in [-0.4, -0.2) is 67.0 Å². The van der Waals surface area contributed by atoms with Gasteiger partial charge in [0.05, 0.1) is 19.1 Å². The minimum atomic E-state index is 0.00537. The first-order chi connectivity index (χ1) is 13.6. The molecule has 3 aliphatic heterocycles. The number of amides is 2. The Labute approximate surface area is 167 Å². The number of nitrogens with one attached hydrogen (secondary N) is 1. The van der Waals surface area contributed by atoms with Gasteiger partial charge in [0.15, 0.2) is 0 Å². The van der Waals surface area contributed by atoms with E-state index in [4.69, 9.17) is 4.74 Å². The molecule has 1 aromatic rings. The van der Waals surface area contributed by atoms with Crippen molar-refractivity contribution in [3.05, 3.63) is 35.9 Å². The van der Waals surface area contributed by atoms with E-state index in [0.29, 0.717) is 26.0 Å². The Hall–Kier alpha value is -1.92. The molecule has 152 valence electrons. The summed E-state index contributed by atoms with van der Waals surface area (Å²) in [6.07, 6.45) is 4.03. The maximum atomic E-state index is 12.6. The molecule has 4 rings (SSSR count). The molecule has 3 fully saturated rings. The van der Waals surface area contributed by atoms with Gasteiger partial charge in [0.25, 0.3) is 0 Å². The number of likely N-dealkylation sites (tertiary alicyclic amines) is 2. The molecule has 3 aliphatic rings. The molecule has 1 unspecified atom stereocenters. The molecule has 0 bridgehead atoms. The van der Waals surface area contributed by atoms with Crippen molar-refractivity contribution in [1.29, 1.82) is 0 Å². The summed E-state index contributed by atoms with van der Waals surface area (Å²) >= 11 is 0. The summed E-state index contributed by atoms with van der Waals surface area (Å²) in [5, 5.41) is 3.29. The van der Waals surface area contributed by atoms with Gasteiger partial charge in [-0.3, -0.25) is 9.59 Å². The number of ether oxygens (including phenoxy) is 1. The topological polar surface area (TPSA) is 61.9 Å². The highest BCUT2D eigenvalue weighted by atomic mass is 16.5. The van der Waals surface area contributed by atoms with Crippen molar-refractivity contribution in [3.8, 4) is 0 Å². The third-order valence-corrected chi connectivity index (χ3v) is 6.55. The number of carbonyl (C=O) groups excluding carboxylic acids is 2. The van der Waals surface area contributed by atoms with Crippen molar-refractivity contribution < 1.29 is 14.3 Å². The van der Waals surface area contributed by atoms with Crippen LogP contribution in [0.2, 0.25) is 0 Å². The van der Waals surface area contributed by atoms with Crippen LogP contribution in [0, 0.1) is 5.41 Å². The predicted octanol–water partition coefficient (Wildman–Crippen LogP) is 1.80. The number of nitrogens with zero attached hydrogens (tertiary/aromatic N) is 2. The Morgan fingerprint density at radius 3 is 2.68 bits per heavy atom. The quantitative estimate of drug-likeness (QED) is 0.859. The highest BCUT2D eigenvalue weighted by molar-refractivity contribution is 5.78. The van der Waals surface area contributed by atoms with Crippen LogP contribution < -0.4 is 5.32 Å². The molecule has 0 aromatic heterocycles. The van der Waals surface area contributed by atoms with Gasteiger partial charge in [-0.25, -0.2) is 0 Å². The highest BCUT2D eigenvalue weighted by Crippen LogP contribution is 2.40. The number of carbonyl (C=O) groups is 2. The summed E-state index contributed by atoms with van der Waals surface area (Å²) in [4.78, 5) is 29.1. The summed E-state index contributed by atoms with van der Waals surface area (Å²) in [5.41, 5.74) is 1.35. The number of piperidine rings is 2. The maximum Gasteiger partial charge on any atom is 0.225 e. The Morgan fingerprint density at radius 2 is 1.96 bits per heavy atom. The lowest BCUT2D eigenvalue weighted by Crippen LogP contribution is -2.52. The fourth-order valence-corrected chi connectivity index (χ4v) is 4.76. The van der Waals surface area contributed by atoms with Crippen LogP contribution in [0.25, 0.3) is 0 Å². The lowest BCUT2D eigenvalue weighted by Gasteiger charge is -2.47. The first-order valence-electron chi connectivity index (χ1n) is 10.6. The molecule has 3 heterocycles. The largest absolute Gasteiger partial charge is 0.375 e. The van der Waals surface area contributed by atoms with E-state index < -0.39 is 0 Å². The zero-order chi connectivity index (χ0) is 19.4. The molecule has 1 N–H and O–H groups in total. The Morgan fingerprint density at radius 1 is 1.18 bits per heavy atom. The van der Waals surface area contributed by atoms with E-state index in [9.17, 15) is 9.59 Å². The fourth-order valence-electron chi connectivity index (χ4n) is 4.76. The number of hydrogen-bond acceptors (Lipinski definition) is 4. The van der Waals surface area contributed by atoms with Crippen LogP contribution in [-0.2, 0) is 20.9 Å². The van der Waals surface area contributed by atoms with E-state index in [2.05, 4.69) is 17.4 Å². The Kier molecular flexibility index (Phi) is 5.97. The minimum Gasteiger partial charge on any atom is -0.375 e. The summed E-state index contributed by atoms with van der Waals surface area (Å²) in [7, 11) is 0. The van der Waals surface area contributed by atoms with Crippen molar-refractivity contribution in [2.45, 2.75) is 44.8 Å². The zero-order valence-corrected chi connectivity index (χ0v) is 16.6. The molecular formula is C22H31N3O3. The van der Waals surface area contributed by atoms with E-state index >= 15 is 0 Å². The second kappa shape index (κ2) is 8.62. The molecule has 1 atom stereocenters. The second-order valence-corrected chi connectivity index (χ2v) is 8.52. The van der Waals surface area contributed by atoms with Gasteiger partial charge in [0.2, 0.25) is 11.8 Å². The molecule has 6 nitrogen and oxygen atoms in total. The van der Waals surface area contributed by atoms with Crippen molar-refractivity contribution >= 4 is 11.8 Å². The number of morpholine rings is 1.